The summed E-state index contributed by atoms with van der Waals surface area (Å²) in [6.07, 6.45) is 3.54. The maximum absolute atomic E-state index is 11.1. The third-order valence-corrected chi connectivity index (χ3v) is 2.84. The number of allylic oxidation sites excluding steroid dienone is 1. The van der Waals surface area contributed by atoms with Crippen LogP contribution in [0, 0.1) is 5.92 Å². The molecule has 0 spiro atoms. The van der Waals surface area contributed by atoms with Crippen LogP contribution in [0.4, 0.5) is 0 Å². The average Bonchev–Trinajstić information content (AvgIpc) is 2.08. The van der Waals surface area contributed by atoms with Crippen LogP contribution >= 0.6 is 22.6 Å². The lowest BCUT2D eigenvalue weighted by molar-refractivity contribution is -0.148. The Labute approximate surface area is 84.9 Å². The van der Waals surface area contributed by atoms with Gasteiger partial charge in [0, 0.05) is 3.92 Å². The highest BCUT2D eigenvalue weighted by Crippen LogP contribution is 2.25. The van der Waals surface area contributed by atoms with E-state index in [1.165, 1.54) is 7.11 Å². The van der Waals surface area contributed by atoms with Gasteiger partial charge in [0.25, 0.3) is 0 Å². The maximum atomic E-state index is 11.1. The molecular weight excluding hydrogens is 271 g/mol. The monoisotopic (exact) mass is 282 g/mol. The molecule has 0 saturated carbocycles. The van der Waals surface area contributed by atoms with Gasteiger partial charge in [-0.25, -0.2) is 0 Å². The van der Waals surface area contributed by atoms with Crippen LogP contribution < -0.4 is 0 Å². The SMILES string of the molecule is COC(=O)C1CC(I)C=CC1O. The zero-order chi connectivity index (χ0) is 9.14. The number of carbonyl (C=O) groups excluding carboxylic acids is 1. The molecule has 0 aliphatic heterocycles. The van der Waals surface area contributed by atoms with E-state index < -0.39 is 6.10 Å². The lowest BCUT2D eigenvalue weighted by Crippen LogP contribution is -2.32. The molecule has 4 heteroatoms. The number of methoxy groups -OCH3 is 1. The summed E-state index contributed by atoms with van der Waals surface area (Å²) >= 11 is 2.23. The number of alkyl halides is 1. The maximum Gasteiger partial charge on any atom is 0.311 e. The minimum absolute atomic E-state index is 0.315. The smallest absolute Gasteiger partial charge is 0.311 e. The molecule has 0 bridgehead atoms. The van der Waals surface area contributed by atoms with Crippen LogP contribution in [0.5, 0.6) is 0 Å². The number of ether oxygens (including phenoxy) is 1. The Morgan fingerprint density at radius 1 is 1.67 bits per heavy atom. The van der Waals surface area contributed by atoms with E-state index in [1.807, 2.05) is 6.08 Å². The van der Waals surface area contributed by atoms with Gasteiger partial charge in [0.15, 0.2) is 0 Å². The van der Waals surface area contributed by atoms with Crippen LogP contribution in [-0.4, -0.2) is 28.2 Å². The molecule has 0 heterocycles. The highest BCUT2D eigenvalue weighted by atomic mass is 127. The van der Waals surface area contributed by atoms with Crippen molar-refractivity contribution >= 4 is 28.6 Å². The molecule has 0 saturated heterocycles. The first-order valence-corrected chi connectivity index (χ1v) is 4.98. The normalized spacial score (nSPS) is 34.8. The van der Waals surface area contributed by atoms with Crippen molar-refractivity contribution in [3.8, 4) is 0 Å². The van der Waals surface area contributed by atoms with E-state index in [1.54, 1.807) is 6.08 Å². The quantitative estimate of drug-likeness (QED) is 0.336. The molecule has 3 atom stereocenters. The molecule has 0 aromatic rings. The fourth-order valence-corrected chi connectivity index (χ4v) is 2.00. The minimum atomic E-state index is -0.677. The van der Waals surface area contributed by atoms with E-state index in [-0.39, 0.29) is 11.9 Å². The molecule has 1 aliphatic carbocycles. The van der Waals surface area contributed by atoms with Crippen molar-refractivity contribution < 1.29 is 14.6 Å². The molecular formula is C8H11IO3. The first kappa shape index (κ1) is 9.98. The van der Waals surface area contributed by atoms with Crippen LogP contribution in [0.3, 0.4) is 0 Å². The predicted molar refractivity (Wildman–Crippen MR) is 53.1 cm³/mol. The van der Waals surface area contributed by atoms with Crippen molar-refractivity contribution in [2.75, 3.05) is 7.11 Å². The summed E-state index contributed by atoms with van der Waals surface area (Å²) in [6.45, 7) is 0. The Hall–Kier alpha value is -0.100. The zero-order valence-corrected chi connectivity index (χ0v) is 8.89. The van der Waals surface area contributed by atoms with Gasteiger partial charge in [-0.2, -0.15) is 0 Å². The number of hydrogen-bond donors (Lipinski definition) is 1. The van der Waals surface area contributed by atoms with Gasteiger partial charge < -0.3 is 9.84 Å². The molecule has 68 valence electrons. The predicted octanol–water partition coefficient (Wildman–Crippen LogP) is 0.900. The summed E-state index contributed by atoms with van der Waals surface area (Å²) in [5.41, 5.74) is 0. The fourth-order valence-electron chi connectivity index (χ4n) is 1.22. The van der Waals surface area contributed by atoms with Gasteiger partial charge >= 0.3 is 5.97 Å². The number of rotatable bonds is 1. The van der Waals surface area contributed by atoms with Crippen LogP contribution in [0.2, 0.25) is 0 Å². The van der Waals surface area contributed by atoms with Crippen LogP contribution in [0.15, 0.2) is 12.2 Å². The summed E-state index contributed by atoms with van der Waals surface area (Å²) in [4.78, 5) is 11.1. The van der Waals surface area contributed by atoms with Gasteiger partial charge in [-0.05, 0) is 6.42 Å². The number of aliphatic hydroxyl groups is 1. The second kappa shape index (κ2) is 4.23. The van der Waals surface area contributed by atoms with E-state index in [4.69, 9.17) is 0 Å². The first-order valence-electron chi connectivity index (χ1n) is 3.73. The Morgan fingerprint density at radius 2 is 2.33 bits per heavy atom. The summed E-state index contributed by atoms with van der Waals surface area (Å²) in [5, 5.41) is 9.40. The molecule has 1 aliphatic rings. The third kappa shape index (κ3) is 2.20. The number of aliphatic hydroxyl groups excluding tert-OH is 1. The third-order valence-electron chi connectivity index (χ3n) is 1.91. The van der Waals surface area contributed by atoms with Crippen LogP contribution in [0.25, 0.3) is 0 Å². The number of esters is 1. The van der Waals surface area contributed by atoms with Gasteiger partial charge in [0.1, 0.15) is 0 Å². The topological polar surface area (TPSA) is 46.5 Å². The Bertz CT molecular complexity index is 202. The average molecular weight is 282 g/mol. The molecule has 0 aromatic carbocycles. The Morgan fingerprint density at radius 3 is 2.92 bits per heavy atom. The molecule has 0 amide bonds. The summed E-state index contributed by atoms with van der Waals surface area (Å²) in [5.74, 6) is -0.713. The second-order valence-electron chi connectivity index (χ2n) is 2.76. The summed E-state index contributed by atoms with van der Waals surface area (Å²) in [7, 11) is 1.34. The van der Waals surface area contributed by atoms with Gasteiger partial charge in [-0.1, -0.05) is 34.7 Å². The van der Waals surface area contributed by atoms with Gasteiger partial charge in [0.05, 0.1) is 19.1 Å². The van der Waals surface area contributed by atoms with Crippen molar-refractivity contribution in [3.05, 3.63) is 12.2 Å². The van der Waals surface area contributed by atoms with Crippen molar-refractivity contribution in [2.24, 2.45) is 5.92 Å². The minimum Gasteiger partial charge on any atom is -0.469 e. The highest BCUT2D eigenvalue weighted by Gasteiger charge is 2.30. The van der Waals surface area contributed by atoms with Crippen molar-refractivity contribution in [1.82, 2.24) is 0 Å². The van der Waals surface area contributed by atoms with Gasteiger partial charge in [0.2, 0.25) is 0 Å². The molecule has 0 aromatic heterocycles. The number of hydrogen-bond acceptors (Lipinski definition) is 3. The van der Waals surface area contributed by atoms with Crippen molar-refractivity contribution in [1.29, 1.82) is 0 Å². The zero-order valence-electron chi connectivity index (χ0n) is 6.74. The lowest BCUT2D eigenvalue weighted by Gasteiger charge is -2.23. The van der Waals surface area contributed by atoms with Gasteiger partial charge in [-0.15, -0.1) is 0 Å². The highest BCUT2D eigenvalue weighted by molar-refractivity contribution is 14.1. The fraction of sp³-hybridized carbons (Fsp3) is 0.625. The second-order valence-corrected chi connectivity index (χ2v) is 4.36. The molecule has 1 rings (SSSR count). The largest absolute Gasteiger partial charge is 0.469 e. The lowest BCUT2D eigenvalue weighted by atomic mass is 9.92. The van der Waals surface area contributed by atoms with Crippen molar-refractivity contribution in [2.45, 2.75) is 16.4 Å². The van der Waals surface area contributed by atoms with Crippen LogP contribution in [-0.2, 0) is 9.53 Å². The van der Waals surface area contributed by atoms with E-state index in [2.05, 4.69) is 27.3 Å². The Kier molecular flexibility index (Phi) is 3.52. The molecule has 0 radical (unpaired) electrons. The first-order chi connectivity index (χ1) is 5.65. The van der Waals surface area contributed by atoms with E-state index in [0.29, 0.717) is 10.3 Å². The summed E-state index contributed by atoms with van der Waals surface area (Å²) in [6, 6.07) is 0. The van der Waals surface area contributed by atoms with Crippen molar-refractivity contribution in [3.63, 3.8) is 0 Å². The van der Waals surface area contributed by atoms with Crippen LogP contribution in [0.1, 0.15) is 6.42 Å². The Balaban J connectivity index is 2.65. The van der Waals surface area contributed by atoms with Gasteiger partial charge in [-0.3, -0.25) is 4.79 Å². The molecule has 3 nitrogen and oxygen atoms in total. The number of carbonyl (C=O) groups is 1. The van der Waals surface area contributed by atoms with E-state index in [9.17, 15) is 9.90 Å². The van der Waals surface area contributed by atoms with E-state index >= 15 is 0 Å². The van der Waals surface area contributed by atoms with E-state index in [0.717, 1.165) is 0 Å². The standard InChI is InChI=1S/C8H11IO3/c1-12-8(11)6-4-5(9)2-3-7(6)10/h2-3,5-7,10H,4H2,1H3. The molecule has 12 heavy (non-hydrogen) atoms. The molecule has 0 fully saturated rings. The summed E-state index contributed by atoms with van der Waals surface area (Å²) < 4.78 is 4.89. The number of halogens is 1. The molecule has 1 N–H and O–H groups in total. The molecule has 3 unspecified atom stereocenters.